The molecule has 1 aromatic heterocycles. The Kier molecular flexibility index (Phi) is 4.29. The summed E-state index contributed by atoms with van der Waals surface area (Å²) in [4.78, 5) is 16.0. The number of carbonyl (C=O) groups is 1. The molecule has 0 bridgehead atoms. The number of nitrogens with zero attached hydrogens (tertiary/aromatic N) is 1. The molecule has 1 N–H and O–H groups in total. The van der Waals surface area contributed by atoms with Crippen molar-refractivity contribution < 1.29 is 14.6 Å². The number of aromatic nitrogens is 1. The van der Waals surface area contributed by atoms with Crippen LogP contribution in [0.25, 0.3) is 10.6 Å². The van der Waals surface area contributed by atoms with Gasteiger partial charge in [-0.05, 0) is 12.0 Å². The van der Waals surface area contributed by atoms with E-state index in [1.165, 1.54) is 11.3 Å². The van der Waals surface area contributed by atoms with Crippen LogP contribution in [0, 0.1) is 0 Å². The molecule has 2 aromatic rings. The number of ether oxygens (including phenoxy) is 1. The van der Waals surface area contributed by atoms with Crippen molar-refractivity contribution >= 4 is 17.3 Å². The van der Waals surface area contributed by atoms with E-state index in [9.17, 15) is 9.90 Å². The van der Waals surface area contributed by atoms with Crippen molar-refractivity contribution in [2.75, 3.05) is 7.11 Å². The molecule has 0 atom stereocenters. The summed E-state index contributed by atoms with van der Waals surface area (Å²) in [6.45, 7) is 2.39. The molecule has 2 rings (SSSR count). The number of methoxy groups -OCH3 is 1. The van der Waals surface area contributed by atoms with Crippen LogP contribution in [-0.4, -0.2) is 23.2 Å². The number of carboxylic acid groups (broad SMARTS) is 1. The second-order valence-electron chi connectivity index (χ2n) is 4.04. The van der Waals surface area contributed by atoms with E-state index in [1.807, 2.05) is 31.2 Å². The number of rotatable bonds is 5. The number of hydrogen-bond donors (Lipinski definition) is 1. The van der Waals surface area contributed by atoms with Gasteiger partial charge in [-0.25, -0.2) is 9.78 Å². The molecule has 0 aliphatic carbocycles. The molecular weight excluding hydrogens is 262 g/mol. The first-order chi connectivity index (χ1) is 9.17. The molecule has 0 amide bonds. The summed E-state index contributed by atoms with van der Waals surface area (Å²) >= 11 is 1.22. The van der Waals surface area contributed by atoms with Crippen LogP contribution in [0.2, 0.25) is 0 Å². The second-order valence-corrected chi connectivity index (χ2v) is 5.04. The molecule has 5 heteroatoms. The molecule has 1 heterocycles. The minimum atomic E-state index is -0.912. The van der Waals surface area contributed by atoms with Gasteiger partial charge in [0.05, 0.1) is 12.3 Å². The summed E-state index contributed by atoms with van der Waals surface area (Å²) in [5.74, 6) is -0.912. The lowest BCUT2D eigenvalue weighted by atomic mass is 10.1. The Labute approximate surface area is 115 Å². The standard InChI is InChI=1S/C14H15NO3S/c1-3-11-12(14(16)17)19-13(15-11)10-7-5-4-6-9(10)8-18-2/h4-7H,3,8H2,1-2H3,(H,16,17). The number of thiazole rings is 1. The first kappa shape index (κ1) is 13.7. The minimum Gasteiger partial charge on any atom is -0.477 e. The van der Waals surface area contributed by atoms with Crippen LogP contribution in [0.1, 0.15) is 27.9 Å². The Balaban J connectivity index is 2.50. The van der Waals surface area contributed by atoms with Crippen LogP contribution in [0.5, 0.6) is 0 Å². The van der Waals surface area contributed by atoms with Gasteiger partial charge >= 0.3 is 5.97 Å². The molecule has 0 saturated carbocycles. The maximum atomic E-state index is 11.2. The van der Waals surface area contributed by atoms with E-state index in [0.29, 0.717) is 23.6 Å². The van der Waals surface area contributed by atoms with Gasteiger partial charge in [0.25, 0.3) is 0 Å². The smallest absolute Gasteiger partial charge is 0.347 e. The Bertz CT molecular complexity index is 592. The van der Waals surface area contributed by atoms with Crippen molar-refractivity contribution in [2.45, 2.75) is 20.0 Å². The third-order valence-electron chi connectivity index (χ3n) is 2.77. The first-order valence-electron chi connectivity index (χ1n) is 5.97. The monoisotopic (exact) mass is 277 g/mol. The average molecular weight is 277 g/mol. The average Bonchev–Trinajstić information content (AvgIpc) is 2.84. The fraction of sp³-hybridized carbons (Fsp3) is 0.286. The summed E-state index contributed by atoms with van der Waals surface area (Å²) in [6.07, 6.45) is 0.616. The molecular formula is C14H15NO3S. The summed E-state index contributed by atoms with van der Waals surface area (Å²) < 4.78 is 5.16. The van der Waals surface area contributed by atoms with Crippen molar-refractivity contribution in [3.8, 4) is 10.6 Å². The largest absolute Gasteiger partial charge is 0.477 e. The number of aryl methyl sites for hydroxylation is 1. The zero-order chi connectivity index (χ0) is 13.8. The van der Waals surface area contributed by atoms with Crippen molar-refractivity contribution in [3.05, 3.63) is 40.4 Å². The van der Waals surface area contributed by atoms with Crippen LogP contribution < -0.4 is 0 Å². The highest BCUT2D eigenvalue weighted by Gasteiger charge is 2.18. The lowest BCUT2D eigenvalue weighted by molar-refractivity contribution is 0.0701. The van der Waals surface area contributed by atoms with Crippen LogP contribution in [0.15, 0.2) is 24.3 Å². The highest BCUT2D eigenvalue weighted by atomic mass is 32.1. The molecule has 4 nitrogen and oxygen atoms in total. The van der Waals surface area contributed by atoms with E-state index in [-0.39, 0.29) is 0 Å². The molecule has 0 radical (unpaired) electrons. The van der Waals surface area contributed by atoms with E-state index < -0.39 is 5.97 Å². The lowest BCUT2D eigenvalue weighted by Crippen LogP contribution is -1.97. The van der Waals surface area contributed by atoms with Gasteiger partial charge < -0.3 is 9.84 Å². The Morgan fingerprint density at radius 2 is 2.16 bits per heavy atom. The molecule has 0 aliphatic rings. The van der Waals surface area contributed by atoms with E-state index >= 15 is 0 Å². The highest BCUT2D eigenvalue weighted by Crippen LogP contribution is 2.31. The molecule has 0 saturated heterocycles. The number of benzene rings is 1. The first-order valence-corrected chi connectivity index (χ1v) is 6.79. The maximum Gasteiger partial charge on any atom is 0.347 e. The van der Waals surface area contributed by atoms with Crippen molar-refractivity contribution in [1.29, 1.82) is 0 Å². The molecule has 0 fully saturated rings. The molecule has 0 spiro atoms. The van der Waals surface area contributed by atoms with Gasteiger partial charge in [-0.1, -0.05) is 31.2 Å². The van der Waals surface area contributed by atoms with Gasteiger partial charge in [-0.15, -0.1) is 11.3 Å². The zero-order valence-corrected chi connectivity index (χ0v) is 11.7. The Morgan fingerprint density at radius 1 is 1.42 bits per heavy atom. The maximum absolute atomic E-state index is 11.2. The number of aromatic carboxylic acids is 1. The van der Waals surface area contributed by atoms with Gasteiger partial charge in [-0.2, -0.15) is 0 Å². The molecule has 1 aromatic carbocycles. The van der Waals surface area contributed by atoms with Gasteiger partial charge in [-0.3, -0.25) is 0 Å². The summed E-state index contributed by atoms with van der Waals surface area (Å²) in [5, 5.41) is 9.91. The predicted octanol–water partition coefficient (Wildman–Crippen LogP) is 3.22. The SMILES string of the molecule is CCc1nc(-c2ccccc2COC)sc1C(=O)O. The van der Waals surface area contributed by atoms with E-state index in [1.54, 1.807) is 7.11 Å². The van der Waals surface area contributed by atoms with Gasteiger partial charge in [0.2, 0.25) is 0 Å². The number of carboxylic acids is 1. The van der Waals surface area contributed by atoms with Gasteiger partial charge in [0.1, 0.15) is 9.88 Å². The zero-order valence-electron chi connectivity index (χ0n) is 10.8. The van der Waals surface area contributed by atoms with Crippen LogP contribution in [0.4, 0.5) is 0 Å². The highest BCUT2D eigenvalue weighted by molar-refractivity contribution is 7.17. The Hall–Kier alpha value is -1.72. The van der Waals surface area contributed by atoms with Crippen molar-refractivity contribution in [3.63, 3.8) is 0 Å². The predicted molar refractivity (Wildman–Crippen MR) is 74.6 cm³/mol. The van der Waals surface area contributed by atoms with E-state index in [2.05, 4.69) is 4.98 Å². The van der Waals surface area contributed by atoms with Crippen LogP contribution in [0.3, 0.4) is 0 Å². The second kappa shape index (κ2) is 5.95. The van der Waals surface area contributed by atoms with E-state index in [4.69, 9.17) is 4.74 Å². The Morgan fingerprint density at radius 3 is 2.74 bits per heavy atom. The summed E-state index contributed by atoms with van der Waals surface area (Å²) in [6, 6.07) is 7.76. The quantitative estimate of drug-likeness (QED) is 0.911. The molecule has 19 heavy (non-hydrogen) atoms. The molecule has 100 valence electrons. The van der Waals surface area contributed by atoms with Crippen LogP contribution >= 0.6 is 11.3 Å². The fourth-order valence-electron chi connectivity index (χ4n) is 1.88. The van der Waals surface area contributed by atoms with E-state index in [0.717, 1.165) is 16.1 Å². The molecule has 0 aliphatic heterocycles. The van der Waals surface area contributed by atoms with Gasteiger partial charge in [0, 0.05) is 12.7 Å². The van der Waals surface area contributed by atoms with Crippen LogP contribution in [-0.2, 0) is 17.8 Å². The van der Waals surface area contributed by atoms with Crippen molar-refractivity contribution in [1.82, 2.24) is 4.98 Å². The van der Waals surface area contributed by atoms with Crippen molar-refractivity contribution in [2.24, 2.45) is 0 Å². The number of hydrogen-bond acceptors (Lipinski definition) is 4. The van der Waals surface area contributed by atoms with Gasteiger partial charge in [0.15, 0.2) is 0 Å². The summed E-state index contributed by atoms with van der Waals surface area (Å²) in [7, 11) is 1.64. The molecule has 0 unspecified atom stereocenters. The topological polar surface area (TPSA) is 59.4 Å². The minimum absolute atomic E-state index is 0.324. The fourth-order valence-corrected chi connectivity index (χ4v) is 2.94. The normalized spacial score (nSPS) is 10.6. The third kappa shape index (κ3) is 2.83. The summed E-state index contributed by atoms with van der Waals surface area (Å²) in [5.41, 5.74) is 2.59. The lowest BCUT2D eigenvalue weighted by Gasteiger charge is -2.05. The third-order valence-corrected chi connectivity index (χ3v) is 3.89.